The summed E-state index contributed by atoms with van der Waals surface area (Å²) >= 11 is 12.5. The average molecular weight is 929 g/mol. The first kappa shape index (κ1) is 49.3. The number of hydrogen-bond donors (Lipinski definition) is 2. The van der Waals surface area contributed by atoms with Crippen molar-refractivity contribution in [2.45, 2.75) is 71.2 Å². The Hall–Kier alpha value is -3.37. The summed E-state index contributed by atoms with van der Waals surface area (Å²) in [6, 6.07) is 9.65. The zero-order valence-corrected chi connectivity index (χ0v) is 36.5. The van der Waals surface area contributed by atoms with Crippen LogP contribution in [0.1, 0.15) is 57.2 Å². The molecule has 12 nitrogen and oxygen atoms in total. The van der Waals surface area contributed by atoms with Gasteiger partial charge in [0.15, 0.2) is 23.3 Å². The van der Waals surface area contributed by atoms with Crippen molar-refractivity contribution in [2.75, 3.05) is 39.5 Å². The van der Waals surface area contributed by atoms with Crippen LogP contribution < -0.4 is 15.4 Å². The summed E-state index contributed by atoms with van der Waals surface area (Å²) in [5.74, 6) is -12.4. The fourth-order valence-electron chi connectivity index (χ4n) is 6.35. The Labute approximate surface area is 355 Å². The van der Waals surface area contributed by atoms with Crippen LogP contribution in [0.2, 0.25) is 10.0 Å². The number of piperidine rings is 1. The Kier molecular flexibility index (Phi) is 18.6. The number of carbonyl (C=O) groups is 2. The molecular weight excluding hydrogens is 882 g/mol. The molecule has 1 saturated heterocycles. The van der Waals surface area contributed by atoms with Crippen LogP contribution in [0.3, 0.4) is 0 Å². The third-order valence-electron chi connectivity index (χ3n) is 9.09. The lowest BCUT2D eigenvalue weighted by Crippen LogP contribution is -2.53. The van der Waals surface area contributed by atoms with E-state index in [4.69, 9.17) is 46.0 Å². The summed E-state index contributed by atoms with van der Waals surface area (Å²) in [6.45, 7) is 6.69. The number of nitrogens with zero attached hydrogens (tertiary/aromatic N) is 1. The Morgan fingerprint density at radius 3 is 1.75 bits per heavy atom. The van der Waals surface area contributed by atoms with Crippen molar-refractivity contribution in [3.8, 4) is 5.75 Å². The van der Waals surface area contributed by atoms with E-state index in [1.165, 1.54) is 0 Å². The molecule has 1 aliphatic heterocycles. The first-order valence-corrected chi connectivity index (χ1v) is 23.0. The van der Waals surface area contributed by atoms with Gasteiger partial charge in [0.05, 0.1) is 32.0 Å². The number of ether oxygens (including phenoxy) is 1. The van der Waals surface area contributed by atoms with Gasteiger partial charge in [0.2, 0.25) is 23.2 Å². The molecule has 0 unspecified atom stereocenters. The smallest absolute Gasteiger partial charge is 0.360 e. The van der Waals surface area contributed by atoms with E-state index in [0.29, 0.717) is 39.1 Å². The van der Waals surface area contributed by atoms with Crippen molar-refractivity contribution in [2.24, 2.45) is 0 Å². The van der Waals surface area contributed by atoms with Gasteiger partial charge in [-0.3, -0.25) is 23.6 Å². The normalized spacial score (nSPS) is 14.8. The molecule has 1 heterocycles. The number of amides is 2. The van der Waals surface area contributed by atoms with E-state index in [1.54, 1.807) is 75.1 Å². The van der Waals surface area contributed by atoms with Crippen LogP contribution >= 0.6 is 38.4 Å². The van der Waals surface area contributed by atoms with Gasteiger partial charge in [0, 0.05) is 47.2 Å². The first-order valence-electron chi connectivity index (χ1n) is 19.0. The second-order valence-corrected chi connectivity index (χ2v) is 18.5. The minimum atomic E-state index is -4.12. The zero-order chi connectivity index (χ0) is 44.2. The van der Waals surface area contributed by atoms with E-state index in [1.807, 2.05) is 0 Å². The number of benzene rings is 3. The van der Waals surface area contributed by atoms with Gasteiger partial charge in [0.1, 0.15) is 18.4 Å². The second-order valence-electron chi connectivity index (χ2n) is 13.1. The highest BCUT2D eigenvalue weighted by Gasteiger charge is 2.54. The molecule has 0 saturated carbocycles. The Balaban J connectivity index is 1.55. The molecule has 0 bridgehead atoms. The van der Waals surface area contributed by atoms with Gasteiger partial charge in [-0.15, -0.1) is 0 Å². The van der Waals surface area contributed by atoms with Crippen LogP contribution in [-0.2, 0) is 49.8 Å². The van der Waals surface area contributed by atoms with E-state index >= 15 is 0 Å². The van der Waals surface area contributed by atoms with Gasteiger partial charge in [-0.1, -0.05) is 41.4 Å². The van der Waals surface area contributed by atoms with Crippen molar-refractivity contribution < 1.29 is 63.5 Å². The summed E-state index contributed by atoms with van der Waals surface area (Å²) in [7, 11) is -8.25. The molecule has 4 rings (SSSR count). The van der Waals surface area contributed by atoms with E-state index in [-0.39, 0.29) is 65.4 Å². The fraction of sp³-hybridized carbons (Fsp3) is 0.436. The largest absolute Gasteiger partial charge is 0.489 e. The molecule has 0 spiro atoms. The first-order chi connectivity index (χ1) is 28.5. The predicted octanol–water partition coefficient (Wildman–Crippen LogP) is 9.40. The third-order valence-corrected chi connectivity index (χ3v) is 15.8. The number of hydrogen-bond acceptors (Lipinski definition) is 10. The summed E-state index contributed by atoms with van der Waals surface area (Å²) in [4.78, 5) is 28.6. The predicted molar refractivity (Wildman–Crippen MR) is 216 cm³/mol. The standard InChI is InChI=1S/C39H46Cl2F5N3O9P2/c1-5-55-59(52,56-6-2)39(60(53,57-7-3)58-8-4)49-20-18-25(19-21-49)47-38(51)31(48-32(50)17-16-27-33(42)35(44)37(46)36(45)34(27)43)22-24-12-14-26(15-13-24)54-23-28-29(40)10-9-11-30(28)41/h9-17,25,31,39H,5-8,18-23H2,1-4H3,(H,47,51)(H,48,50)/t31-/m0/s1. The van der Waals surface area contributed by atoms with E-state index in [9.17, 15) is 40.7 Å². The molecule has 60 heavy (non-hydrogen) atoms. The number of nitrogens with one attached hydrogen (secondary N) is 2. The number of carbonyl (C=O) groups excluding carboxylic acids is 2. The molecule has 0 radical (unpaired) electrons. The van der Waals surface area contributed by atoms with Crippen LogP contribution in [0.5, 0.6) is 5.75 Å². The van der Waals surface area contributed by atoms with E-state index in [2.05, 4.69) is 10.6 Å². The quantitative estimate of drug-likeness (QED) is 0.0349. The van der Waals surface area contributed by atoms with Crippen LogP contribution in [-0.4, -0.2) is 73.8 Å². The minimum Gasteiger partial charge on any atom is -0.489 e. The molecule has 3 aromatic rings. The number of rotatable bonds is 21. The summed E-state index contributed by atoms with van der Waals surface area (Å²) < 4.78 is 126. The van der Waals surface area contributed by atoms with Crippen molar-refractivity contribution in [1.82, 2.24) is 15.5 Å². The van der Waals surface area contributed by atoms with Crippen molar-refractivity contribution >= 4 is 56.3 Å². The van der Waals surface area contributed by atoms with Crippen LogP contribution in [0.25, 0.3) is 6.08 Å². The topological polar surface area (TPSA) is 142 Å². The summed E-state index contributed by atoms with van der Waals surface area (Å²) in [6.07, 6.45) is 1.31. The highest BCUT2D eigenvalue weighted by atomic mass is 35.5. The third kappa shape index (κ3) is 12.4. The van der Waals surface area contributed by atoms with Crippen LogP contribution in [0.15, 0.2) is 48.5 Å². The Morgan fingerprint density at radius 1 is 0.783 bits per heavy atom. The lowest BCUT2D eigenvalue weighted by Gasteiger charge is -2.41. The van der Waals surface area contributed by atoms with Gasteiger partial charge < -0.3 is 33.5 Å². The average Bonchev–Trinajstić information content (AvgIpc) is 3.20. The van der Waals surface area contributed by atoms with Gasteiger partial charge in [-0.05, 0) is 76.4 Å². The monoisotopic (exact) mass is 927 g/mol. The van der Waals surface area contributed by atoms with Crippen LogP contribution in [0, 0.1) is 29.1 Å². The maximum atomic E-state index is 14.3. The minimum absolute atomic E-state index is 0.0183. The SMILES string of the molecule is CCOP(=O)(OCC)C(N1CCC(NC(=O)[C@H](Cc2ccc(OCc3c(Cl)cccc3Cl)cc2)NC(=O)C=Cc2c(F)c(F)c(F)c(F)c2F)CC1)P(=O)(OCC)OCC. The fourth-order valence-corrected chi connectivity index (χ4v) is 12.4. The molecule has 0 aliphatic carbocycles. The molecule has 330 valence electrons. The summed E-state index contributed by atoms with van der Waals surface area (Å²) in [5, 5.41) is 6.15. The highest BCUT2D eigenvalue weighted by molar-refractivity contribution is 7.72. The maximum Gasteiger partial charge on any atom is 0.360 e. The van der Waals surface area contributed by atoms with Gasteiger partial charge in [-0.2, -0.15) is 0 Å². The molecule has 2 N–H and O–H groups in total. The molecule has 1 aliphatic rings. The number of likely N-dealkylation sites (tertiary alicyclic amines) is 1. The second kappa shape index (κ2) is 22.6. The lowest BCUT2D eigenvalue weighted by molar-refractivity contribution is -0.127. The van der Waals surface area contributed by atoms with Crippen LogP contribution in [0.4, 0.5) is 22.0 Å². The van der Waals surface area contributed by atoms with E-state index in [0.717, 1.165) is 0 Å². The molecule has 2 amide bonds. The highest BCUT2D eigenvalue weighted by Crippen LogP contribution is 2.71. The Morgan fingerprint density at radius 2 is 1.27 bits per heavy atom. The maximum absolute atomic E-state index is 14.3. The zero-order valence-electron chi connectivity index (χ0n) is 33.2. The molecular formula is C39H46Cl2F5N3O9P2. The van der Waals surface area contributed by atoms with Crippen molar-refractivity contribution in [3.05, 3.63) is 104 Å². The molecule has 1 fully saturated rings. The molecule has 0 aromatic heterocycles. The molecule has 3 aromatic carbocycles. The van der Waals surface area contributed by atoms with E-state index < -0.39 is 79.3 Å². The number of halogens is 7. The summed E-state index contributed by atoms with van der Waals surface area (Å²) in [5.41, 5.74) is -1.66. The molecule has 1 atom stereocenters. The molecule has 21 heteroatoms. The lowest BCUT2D eigenvalue weighted by atomic mass is 10.0. The van der Waals surface area contributed by atoms with Gasteiger partial charge >= 0.3 is 15.2 Å². The van der Waals surface area contributed by atoms with Gasteiger partial charge in [0.25, 0.3) is 0 Å². The van der Waals surface area contributed by atoms with Crippen molar-refractivity contribution in [1.29, 1.82) is 0 Å². The van der Waals surface area contributed by atoms with Gasteiger partial charge in [-0.25, -0.2) is 22.0 Å². The van der Waals surface area contributed by atoms with Crippen molar-refractivity contribution in [3.63, 3.8) is 0 Å². The Bertz CT molecular complexity index is 2000.